The lowest BCUT2D eigenvalue weighted by molar-refractivity contribution is 0.550. The summed E-state index contributed by atoms with van der Waals surface area (Å²) in [4.78, 5) is 0. The molecule has 0 saturated carbocycles. The lowest BCUT2D eigenvalue weighted by Crippen LogP contribution is -2.41. The third kappa shape index (κ3) is 24.9. The third-order valence-corrected chi connectivity index (χ3v) is 18.8. The van der Waals surface area contributed by atoms with E-state index in [1.54, 1.807) is 0 Å². The molecule has 0 aliphatic carbocycles. The maximum atomic E-state index is 13.5. The van der Waals surface area contributed by atoms with Gasteiger partial charge in [-0.05, 0) is 19.3 Å². The average molecular weight is 713 g/mol. The molecule has 0 N–H and O–H groups in total. The summed E-state index contributed by atoms with van der Waals surface area (Å²) in [5.41, 5.74) is 0. The van der Waals surface area contributed by atoms with Gasteiger partial charge in [0.2, 0.25) is 0 Å². The minimum Gasteiger partial charge on any atom is -0.226 e. The summed E-state index contributed by atoms with van der Waals surface area (Å²) in [6, 6.07) is 0. The molecule has 0 aromatic rings. The Morgan fingerprint density at radius 3 is 0.587 bits per heavy atom. The normalized spacial score (nSPS) is 12.8. The Labute approximate surface area is 288 Å². The van der Waals surface area contributed by atoms with Gasteiger partial charge in [-0.15, -0.1) is 0 Å². The van der Waals surface area contributed by atoms with Crippen LogP contribution in [0.3, 0.4) is 0 Å². The minimum atomic E-state index is -4.35. The lowest BCUT2D eigenvalue weighted by atomic mass is 10.1. The predicted molar refractivity (Wildman–Crippen MR) is 201 cm³/mol. The number of rotatable bonds is 36. The predicted octanol–water partition coefficient (Wildman–Crippen LogP) is 11.3. The van der Waals surface area contributed by atoms with E-state index in [2.05, 4.69) is 20.8 Å². The quantitative estimate of drug-likeness (QED) is 0.0599. The topological polar surface area (TPSA) is 102 Å². The lowest BCUT2D eigenvalue weighted by Gasteiger charge is -2.19. The Hall–Kier alpha value is -0.150. The van der Waals surface area contributed by atoms with Gasteiger partial charge in [-0.1, -0.05) is 194 Å². The highest BCUT2D eigenvalue weighted by Gasteiger charge is 2.46. The van der Waals surface area contributed by atoms with Gasteiger partial charge >= 0.3 is 0 Å². The molecule has 0 atom stereocenters. The molecule has 0 spiro atoms. The van der Waals surface area contributed by atoms with Crippen LogP contribution in [-0.2, 0) is 29.5 Å². The number of unbranched alkanes of at least 4 members (excludes halogenated alkanes) is 27. The van der Waals surface area contributed by atoms with Gasteiger partial charge in [-0.25, -0.2) is 25.3 Å². The highest BCUT2D eigenvalue weighted by atomic mass is 32.3. The molecule has 0 heterocycles. The van der Waals surface area contributed by atoms with Gasteiger partial charge in [-0.2, -0.15) is 0 Å². The first-order valence-electron chi connectivity index (χ1n) is 19.7. The molecule has 0 bridgehead atoms. The molecular weight excluding hydrogens is 637 g/mol. The fourth-order valence-corrected chi connectivity index (χ4v) is 15.8. The molecular formula is C37H76O6S3. The molecule has 0 aromatic heterocycles. The van der Waals surface area contributed by atoms with Gasteiger partial charge in [0, 0.05) is 0 Å². The van der Waals surface area contributed by atoms with Crippen molar-refractivity contribution in [3.8, 4) is 0 Å². The summed E-state index contributed by atoms with van der Waals surface area (Å²) in [6.45, 7) is 6.60. The molecule has 0 radical (unpaired) electrons. The number of hydrogen-bond acceptors (Lipinski definition) is 6. The first-order chi connectivity index (χ1) is 22.0. The van der Waals surface area contributed by atoms with E-state index in [0.717, 1.165) is 57.8 Å². The molecule has 0 fully saturated rings. The second-order valence-corrected chi connectivity index (χ2v) is 21.4. The maximum Gasteiger partial charge on any atom is 0.262 e. The van der Waals surface area contributed by atoms with Gasteiger partial charge < -0.3 is 0 Å². The zero-order valence-electron chi connectivity index (χ0n) is 30.6. The van der Waals surface area contributed by atoms with Crippen LogP contribution in [0.25, 0.3) is 0 Å². The van der Waals surface area contributed by atoms with E-state index in [-0.39, 0.29) is 17.3 Å². The molecule has 0 rings (SSSR count). The Balaban J connectivity index is 4.98. The van der Waals surface area contributed by atoms with Crippen molar-refractivity contribution >= 4 is 29.5 Å². The summed E-state index contributed by atoms with van der Waals surface area (Å²) in [7, 11) is -13.0. The van der Waals surface area contributed by atoms with Gasteiger partial charge in [-0.3, -0.25) is 0 Å². The maximum absolute atomic E-state index is 13.5. The fourth-order valence-electron chi connectivity index (χ4n) is 6.33. The summed E-state index contributed by atoms with van der Waals surface area (Å²) < 4.78 is 78.5. The number of sulfone groups is 3. The average Bonchev–Trinajstić information content (AvgIpc) is 2.99. The van der Waals surface area contributed by atoms with Gasteiger partial charge in [0.15, 0.2) is 29.5 Å². The van der Waals surface area contributed by atoms with Crippen LogP contribution >= 0.6 is 0 Å². The van der Waals surface area contributed by atoms with Gasteiger partial charge in [0.25, 0.3) is 3.91 Å². The van der Waals surface area contributed by atoms with E-state index in [1.165, 1.54) is 96.3 Å². The summed E-state index contributed by atoms with van der Waals surface area (Å²) in [6.07, 6.45) is 30.7. The Bertz CT molecular complexity index is 862. The van der Waals surface area contributed by atoms with Crippen LogP contribution in [0.1, 0.15) is 213 Å². The van der Waals surface area contributed by atoms with Crippen molar-refractivity contribution in [1.82, 2.24) is 0 Å². The highest BCUT2D eigenvalue weighted by molar-refractivity contribution is 8.24. The molecule has 0 aliphatic rings. The number of hydrogen-bond donors (Lipinski definition) is 0. The van der Waals surface area contributed by atoms with E-state index in [4.69, 9.17) is 0 Å². The SMILES string of the molecule is CCCCCCCCCCCCS(=O)(=O)C(S(=O)(=O)CCCCCCCCCCCC)S(=O)(=O)CCCCCCCCCCCC. The first kappa shape index (κ1) is 45.9. The second kappa shape index (κ2) is 29.7. The Morgan fingerprint density at radius 1 is 0.261 bits per heavy atom. The van der Waals surface area contributed by atoms with Crippen LogP contribution in [0.15, 0.2) is 0 Å². The van der Waals surface area contributed by atoms with Crippen molar-refractivity contribution in [1.29, 1.82) is 0 Å². The van der Waals surface area contributed by atoms with Crippen molar-refractivity contribution in [2.24, 2.45) is 0 Å². The van der Waals surface area contributed by atoms with Crippen molar-refractivity contribution in [2.75, 3.05) is 17.3 Å². The van der Waals surface area contributed by atoms with E-state index in [9.17, 15) is 25.3 Å². The van der Waals surface area contributed by atoms with Crippen molar-refractivity contribution in [3.05, 3.63) is 0 Å². The molecule has 0 aromatic carbocycles. The monoisotopic (exact) mass is 712 g/mol. The van der Waals surface area contributed by atoms with Crippen LogP contribution < -0.4 is 0 Å². The first-order valence-corrected chi connectivity index (χ1v) is 24.8. The van der Waals surface area contributed by atoms with Crippen LogP contribution in [-0.4, -0.2) is 46.4 Å². The zero-order chi connectivity index (χ0) is 34.4. The summed E-state index contributed by atoms with van der Waals surface area (Å²) in [5.74, 6) is -1.12. The van der Waals surface area contributed by atoms with Crippen molar-refractivity contribution < 1.29 is 25.3 Å². The third-order valence-electron chi connectivity index (χ3n) is 9.23. The van der Waals surface area contributed by atoms with Crippen LogP contribution in [0.2, 0.25) is 0 Å². The van der Waals surface area contributed by atoms with Crippen LogP contribution in [0, 0.1) is 0 Å². The fraction of sp³-hybridized carbons (Fsp3) is 1.00. The van der Waals surface area contributed by atoms with Gasteiger partial charge in [0.1, 0.15) is 0 Å². The smallest absolute Gasteiger partial charge is 0.226 e. The Morgan fingerprint density at radius 2 is 0.413 bits per heavy atom. The molecule has 0 unspecified atom stereocenters. The minimum absolute atomic E-state index is 0.316. The van der Waals surface area contributed by atoms with Gasteiger partial charge in [0.05, 0.1) is 17.3 Å². The molecule has 9 heteroatoms. The zero-order valence-corrected chi connectivity index (χ0v) is 33.0. The second-order valence-electron chi connectivity index (χ2n) is 13.9. The van der Waals surface area contributed by atoms with Crippen molar-refractivity contribution in [2.45, 2.75) is 217 Å². The summed E-state index contributed by atoms with van der Waals surface area (Å²) >= 11 is 0. The molecule has 46 heavy (non-hydrogen) atoms. The van der Waals surface area contributed by atoms with E-state index >= 15 is 0 Å². The van der Waals surface area contributed by atoms with Crippen molar-refractivity contribution in [3.63, 3.8) is 0 Å². The molecule has 0 amide bonds. The van der Waals surface area contributed by atoms with Crippen LogP contribution in [0.4, 0.5) is 0 Å². The Kier molecular flexibility index (Phi) is 29.6. The molecule has 278 valence electrons. The van der Waals surface area contributed by atoms with E-state index in [0.29, 0.717) is 38.5 Å². The largest absolute Gasteiger partial charge is 0.262 e. The van der Waals surface area contributed by atoms with E-state index < -0.39 is 33.4 Å². The molecule has 0 aliphatic heterocycles. The molecule has 0 saturated heterocycles. The summed E-state index contributed by atoms with van der Waals surface area (Å²) in [5, 5.41) is 0. The molecule has 6 nitrogen and oxygen atoms in total. The standard InChI is InChI=1S/C37H76O6S3/c1-4-7-10-13-16-19-22-25-28-31-34-44(38,39)37(45(40,41)35-32-29-26-23-20-17-14-11-8-5-2)46(42,43)36-33-30-27-24-21-18-15-12-9-6-3/h37H,4-36H2,1-3H3. The van der Waals surface area contributed by atoms with E-state index in [1.807, 2.05) is 0 Å². The van der Waals surface area contributed by atoms with Crippen LogP contribution in [0.5, 0.6) is 0 Å². The highest BCUT2D eigenvalue weighted by Crippen LogP contribution is 2.24.